The molecule has 0 saturated carbocycles. The van der Waals surface area contributed by atoms with Crippen LogP contribution >= 0.6 is 12.4 Å². The second kappa shape index (κ2) is 10.4. The van der Waals surface area contributed by atoms with E-state index < -0.39 is 20.6 Å². The molecule has 3 N–H and O–H groups in total. The van der Waals surface area contributed by atoms with Gasteiger partial charge in [-0.15, -0.1) is 12.4 Å². The van der Waals surface area contributed by atoms with Crippen molar-refractivity contribution >= 4 is 34.0 Å². The second-order valence-corrected chi connectivity index (χ2v) is 7.61. The topological polar surface area (TPSA) is 130 Å². The molecule has 1 atom stereocenters. The number of carbonyl (C=O) groups excluding carboxylic acids is 1. The Labute approximate surface area is 158 Å². The number of nitro groups is 1. The summed E-state index contributed by atoms with van der Waals surface area (Å²) in [5.74, 6) is 0.389. The third-order valence-corrected chi connectivity index (χ3v) is 5.54. The molecule has 1 aromatic rings. The number of sulfonamides is 1. The molecule has 1 saturated heterocycles. The van der Waals surface area contributed by atoms with Crippen molar-refractivity contribution in [2.24, 2.45) is 5.92 Å². The van der Waals surface area contributed by atoms with Crippen LogP contribution in [0.2, 0.25) is 0 Å². The average molecular weight is 407 g/mol. The molecule has 11 heteroatoms. The SMILES string of the molecule is Cl.O=C(CCC1CCNC1)NCCNS(=O)(=O)c1ccccc1[N+](=O)[O-]. The van der Waals surface area contributed by atoms with Crippen molar-refractivity contribution in [2.75, 3.05) is 26.2 Å². The predicted octanol–water partition coefficient (Wildman–Crippen LogP) is 0.801. The molecule has 0 aliphatic carbocycles. The Morgan fingerprint density at radius 3 is 2.69 bits per heavy atom. The van der Waals surface area contributed by atoms with Crippen LogP contribution in [0.5, 0.6) is 0 Å². The Bertz CT molecular complexity index is 723. The van der Waals surface area contributed by atoms with Crippen LogP contribution in [0, 0.1) is 16.0 Å². The van der Waals surface area contributed by atoms with Gasteiger partial charge in [-0.1, -0.05) is 12.1 Å². The monoisotopic (exact) mass is 406 g/mol. The molecule has 1 aliphatic heterocycles. The van der Waals surface area contributed by atoms with Crippen molar-refractivity contribution in [3.05, 3.63) is 34.4 Å². The van der Waals surface area contributed by atoms with E-state index in [2.05, 4.69) is 15.4 Å². The number of nitro benzene ring substituents is 1. The molecule has 0 bridgehead atoms. The second-order valence-electron chi connectivity index (χ2n) is 5.87. The third kappa shape index (κ3) is 6.52. The van der Waals surface area contributed by atoms with E-state index in [1.807, 2.05) is 0 Å². The van der Waals surface area contributed by atoms with Gasteiger partial charge in [0.1, 0.15) is 0 Å². The fourth-order valence-electron chi connectivity index (χ4n) is 2.68. The van der Waals surface area contributed by atoms with E-state index in [-0.39, 0.29) is 36.3 Å². The van der Waals surface area contributed by atoms with Crippen molar-refractivity contribution in [3.63, 3.8) is 0 Å². The van der Waals surface area contributed by atoms with Gasteiger partial charge < -0.3 is 10.6 Å². The van der Waals surface area contributed by atoms with Gasteiger partial charge >= 0.3 is 0 Å². The molecule has 1 unspecified atom stereocenters. The van der Waals surface area contributed by atoms with Crippen molar-refractivity contribution in [3.8, 4) is 0 Å². The van der Waals surface area contributed by atoms with Crippen LogP contribution in [0.25, 0.3) is 0 Å². The molecule has 0 aromatic heterocycles. The van der Waals surface area contributed by atoms with Crippen LogP contribution in [0.15, 0.2) is 29.2 Å². The first kappa shape index (κ1) is 22.3. The van der Waals surface area contributed by atoms with Gasteiger partial charge in [0.2, 0.25) is 15.9 Å². The van der Waals surface area contributed by atoms with Gasteiger partial charge in [-0.2, -0.15) is 0 Å². The first-order valence-electron chi connectivity index (χ1n) is 8.10. The molecule has 26 heavy (non-hydrogen) atoms. The summed E-state index contributed by atoms with van der Waals surface area (Å²) >= 11 is 0. The molecule has 1 aromatic carbocycles. The molecular formula is C15H23ClN4O5S. The predicted molar refractivity (Wildman–Crippen MR) is 98.8 cm³/mol. The summed E-state index contributed by atoms with van der Waals surface area (Å²) in [6, 6.07) is 5.13. The third-order valence-electron chi connectivity index (χ3n) is 4.03. The van der Waals surface area contributed by atoms with E-state index in [1.54, 1.807) is 0 Å². The highest BCUT2D eigenvalue weighted by Gasteiger charge is 2.24. The zero-order chi connectivity index (χ0) is 18.3. The highest BCUT2D eigenvalue weighted by atomic mass is 35.5. The number of para-hydroxylation sites is 1. The van der Waals surface area contributed by atoms with Crippen LogP contribution in [0.3, 0.4) is 0 Å². The van der Waals surface area contributed by atoms with Crippen molar-refractivity contribution in [1.82, 2.24) is 15.4 Å². The van der Waals surface area contributed by atoms with Gasteiger partial charge in [-0.05, 0) is 37.9 Å². The summed E-state index contributed by atoms with van der Waals surface area (Å²) in [5, 5.41) is 16.8. The standard InChI is InChI=1S/C15H22N4O5S.ClH/c20-15(6-5-12-7-8-16-11-12)17-9-10-18-25(23,24)14-4-2-1-3-13(14)19(21)22;/h1-4,12,16,18H,5-11H2,(H,17,20);1H. The number of benzene rings is 1. The molecule has 1 aliphatic rings. The summed E-state index contributed by atoms with van der Waals surface area (Å²) in [6.45, 7) is 2.01. The lowest BCUT2D eigenvalue weighted by molar-refractivity contribution is -0.387. The molecule has 1 heterocycles. The highest BCUT2D eigenvalue weighted by molar-refractivity contribution is 7.89. The molecule has 0 spiro atoms. The van der Waals surface area contributed by atoms with Crippen molar-refractivity contribution in [2.45, 2.75) is 24.2 Å². The smallest absolute Gasteiger partial charge is 0.289 e. The maximum Gasteiger partial charge on any atom is 0.289 e. The number of hydrogen-bond donors (Lipinski definition) is 3. The zero-order valence-corrected chi connectivity index (χ0v) is 15.8. The van der Waals surface area contributed by atoms with Crippen LogP contribution in [-0.2, 0) is 14.8 Å². The van der Waals surface area contributed by atoms with E-state index in [1.165, 1.54) is 18.2 Å². The molecule has 1 fully saturated rings. The first-order chi connectivity index (χ1) is 11.9. The Hall–Kier alpha value is -1.75. The summed E-state index contributed by atoms with van der Waals surface area (Å²) in [6.07, 6.45) is 2.28. The lowest BCUT2D eigenvalue weighted by Crippen LogP contribution is -2.35. The first-order valence-corrected chi connectivity index (χ1v) is 9.59. The van der Waals surface area contributed by atoms with Gasteiger partial charge in [0.25, 0.3) is 5.69 Å². The Kier molecular flexibility index (Phi) is 8.93. The largest absolute Gasteiger partial charge is 0.355 e. The molecule has 1 amide bonds. The Morgan fingerprint density at radius 2 is 2.04 bits per heavy atom. The lowest BCUT2D eigenvalue weighted by Gasteiger charge is -2.10. The van der Waals surface area contributed by atoms with E-state index in [4.69, 9.17) is 0 Å². The molecule has 0 radical (unpaired) electrons. The summed E-state index contributed by atoms with van der Waals surface area (Å²) in [5.41, 5.74) is -0.482. The molecule has 9 nitrogen and oxygen atoms in total. The molecular weight excluding hydrogens is 384 g/mol. The highest BCUT2D eigenvalue weighted by Crippen LogP contribution is 2.22. The van der Waals surface area contributed by atoms with Gasteiger partial charge in [0.15, 0.2) is 4.90 Å². The maximum atomic E-state index is 12.2. The summed E-state index contributed by atoms with van der Waals surface area (Å²) in [4.78, 5) is 21.5. The van der Waals surface area contributed by atoms with Gasteiger partial charge in [-0.25, -0.2) is 13.1 Å². The number of halogens is 1. The van der Waals surface area contributed by atoms with E-state index in [9.17, 15) is 23.3 Å². The fraction of sp³-hybridized carbons (Fsp3) is 0.533. The van der Waals surface area contributed by atoms with Gasteiger partial charge in [0.05, 0.1) is 4.92 Å². The van der Waals surface area contributed by atoms with Crippen molar-refractivity contribution in [1.29, 1.82) is 0 Å². The number of hydrogen-bond acceptors (Lipinski definition) is 6. The van der Waals surface area contributed by atoms with Crippen LogP contribution in [-0.4, -0.2) is 45.4 Å². The number of carbonyl (C=O) groups is 1. The minimum atomic E-state index is -4.01. The van der Waals surface area contributed by atoms with Gasteiger partial charge in [0, 0.05) is 25.6 Å². The molecule has 146 valence electrons. The average Bonchev–Trinajstić information content (AvgIpc) is 3.10. The fourth-order valence-corrected chi connectivity index (χ4v) is 3.89. The Morgan fingerprint density at radius 1 is 1.31 bits per heavy atom. The zero-order valence-electron chi connectivity index (χ0n) is 14.1. The van der Waals surface area contributed by atoms with Crippen LogP contribution in [0.4, 0.5) is 5.69 Å². The summed E-state index contributed by atoms with van der Waals surface area (Å²) < 4.78 is 26.6. The quantitative estimate of drug-likeness (QED) is 0.316. The van der Waals surface area contributed by atoms with Crippen LogP contribution in [0.1, 0.15) is 19.3 Å². The van der Waals surface area contributed by atoms with Gasteiger partial charge in [-0.3, -0.25) is 14.9 Å². The minimum absolute atomic E-state index is 0. The van der Waals surface area contributed by atoms with E-state index >= 15 is 0 Å². The minimum Gasteiger partial charge on any atom is -0.355 e. The lowest BCUT2D eigenvalue weighted by atomic mass is 10.0. The number of nitrogens with one attached hydrogen (secondary N) is 3. The van der Waals surface area contributed by atoms with Crippen molar-refractivity contribution < 1.29 is 18.1 Å². The normalized spacial score (nSPS) is 16.7. The molecule has 2 rings (SSSR count). The number of rotatable bonds is 9. The summed E-state index contributed by atoms with van der Waals surface area (Å²) in [7, 11) is -4.01. The number of nitrogens with zero attached hydrogens (tertiary/aromatic N) is 1. The van der Waals surface area contributed by atoms with Crippen LogP contribution < -0.4 is 15.4 Å². The van der Waals surface area contributed by atoms with E-state index in [0.717, 1.165) is 32.0 Å². The number of amides is 1. The maximum absolute atomic E-state index is 12.2. The van der Waals surface area contributed by atoms with E-state index in [0.29, 0.717) is 12.3 Å². The Balaban J connectivity index is 0.00000338.